The van der Waals surface area contributed by atoms with Gasteiger partial charge in [-0.2, -0.15) is 0 Å². The Labute approximate surface area is 107 Å². The van der Waals surface area contributed by atoms with E-state index in [1.54, 1.807) is 0 Å². The second kappa shape index (κ2) is 4.44. The van der Waals surface area contributed by atoms with Crippen LogP contribution >= 0.6 is 0 Å². The lowest BCUT2D eigenvalue weighted by molar-refractivity contribution is 0.474. The van der Waals surface area contributed by atoms with E-state index in [9.17, 15) is 13.5 Å². The highest BCUT2D eigenvalue weighted by Crippen LogP contribution is 2.48. The Morgan fingerprint density at radius 1 is 1.44 bits per heavy atom. The average molecular weight is 270 g/mol. The largest absolute Gasteiger partial charge is 0.506 e. The number of phenolic OH excluding ortho intramolecular Hbond substituents is 1. The second-order valence-electron chi connectivity index (χ2n) is 4.90. The van der Waals surface area contributed by atoms with Gasteiger partial charge in [-0.3, -0.25) is 0 Å². The Kier molecular flexibility index (Phi) is 3.25. The molecule has 100 valence electrons. The summed E-state index contributed by atoms with van der Waals surface area (Å²) in [5.74, 6) is -0.110. The van der Waals surface area contributed by atoms with Gasteiger partial charge in [0.25, 0.3) is 0 Å². The zero-order valence-electron chi connectivity index (χ0n) is 10.3. The molecular formula is C12H18N2O3S. The van der Waals surface area contributed by atoms with Crippen molar-refractivity contribution in [3.8, 4) is 5.75 Å². The molecule has 0 amide bonds. The fourth-order valence-electron chi connectivity index (χ4n) is 1.86. The molecule has 0 atom stereocenters. The number of aromatic hydroxyl groups is 1. The fraction of sp³-hybridized carbons (Fsp3) is 0.500. The molecule has 0 unspecified atom stereocenters. The van der Waals surface area contributed by atoms with Gasteiger partial charge >= 0.3 is 0 Å². The number of nitrogens with one attached hydrogen (secondary N) is 1. The van der Waals surface area contributed by atoms with Gasteiger partial charge in [-0.25, -0.2) is 13.1 Å². The van der Waals surface area contributed by atoms with Crippen molar-refractivity contribution in [2.75, 3.05) is 12.3 Å². The van der Waals surface area contributed by atoms with Crippen LogP contribution < -0.4 is 10.5 Å². The van der Waals surface area contributed by atoms with Crippen molar-refractivity contribution in [1.29, 1.82) is 0 Å². The van der Waals surface area contributed by atoms with Crippen molar-refractivity contribution in [3.63, 3.8) is 0 Å². The van der Waals surface area contributed by atoms with E-state index < -0.39 is 10.0 Å². The number of nitrogen functional groups attached to an aromatic ring is 1. The Balaban J connectivity index is 2.13. The SMILES string of the molecule is CCC1(CNS(=O)(=O)c2ccc(O)c(N)c2)CC1. The summed E-state index contributed by atoms with van der Waals surface area (Å²) in [5.41, 5.74) is 5.71. The molecule has 18 heavy (non-hydrogen) atoms. The van der Waals surface area contributed by atoms with Crippen molar-refractivity contribution >= 4 is 15.7 Å². The third-order valence-electron chi connectivity index (χ3n) is 3.65. The topological polar surface area (TPSA) is 92.4 Å². The van der Waals surface area contributed by atoms with Gasteiger partial charge in [-0.05, 0) is 42.9 Å². The first-order valence-electron chi connectivity index (χ1n) is 5.97. The van der Waals surface area contributed by atoms with Crippen molar-refractivity contribution in [2.45, 2.75) is 31.1 Å². The molecule has 6 heteroatoms. The van der Waals surface area contributed by atoms with Gasteiger partial charge in [0.2, 0.25) is 10.0 Å². The second-order valence-corrected chi connectivity index (χ2v) is 6.67. The lowest BCUT2D eigenvalue weighted by atomic mass is 10.1. The van der Waals surface area contributed by atoms with E-state index in [1.807, 2.05) is 0 Å². The first-order valence-corrected chi connectivity index (χ1v) is 7.45. The molecule has 0 bridgehead atoms. The van der Waals surface area contributed by atoms with Crippen molar-refractivity contribution in [2.24, 2.45) is 5.41 Å². The average Bonchev–Trinajstić information content (AvgIpc) is 3.11. The maximum atomic E-state index is 12.0. The first kappa shape index (κ1) is 13.2. The highest BCUT2D eigenvalue weighted by Gasteiger charge is 2.41. The van der Waals surface area contributed by atoms with Crippen LogP contribution in [0, 0.1) is 5.41 Å². The standard InChI is InChI=1S/C12H18N2O3S/c1-2-12(5-6-12)8-14-18(16,17)9-3-4-11(15)10(13)7-9/h3-4,7,14-15H,2,5-6,8,13H2,1H3. The van der Waals surface area contributed by atoms with E-state index >= 15 is 0 Å². The summed E-state index contributed by atoms with van der Waals surface area (Å²) < 4.78 is 26.7. The van der Waals surface area contributed by atoms with Gasteiger partial charge in [0, 0.05) is 6.54 Å². The first-order chi connectivity index (χ1) is 8.38. The van der Waals surface area contributed by atoms with Crippen molar-refractivity contribution in [3.05, 3.63) is 18.2 Å². The minimum Gasteiger partial charge on any atom is -0.506 e. The highest BCUT2D eigenvalue weighted by molar-refractivity contribution is 7.89. The Morgan fingerprint density at radius 3 is 2.61 bits per heavy atom. The van der Waals surface area contributed by atoms with Crippen molar-refractivity contribution < 1.29 is 13.5 Å². The predicted octanol–water partition coefficient (Wildman–Crippen LogP) is 1.44. The fourth-order valence-corrected chi connectivity index (χ4v) is 3.06. The number of sulfonamides is 1. The minimum atomic E-state index is -3.54. The van der Waals surface area contributed by atoms with Gasteiger partial charge in [0.15, 0.2) is 0 Å². The van der Waals surface area contributed by atoms with E-state index in [-0.39, 0.29) is 21.7 Å². The third-order valence-corrected chi connectivity index (χ3v) is 5.05. The van der Waals surface area contributed by atoms with Gasteiger partial charge in [-0.15, -0.1) is 0 Å². The van der Waals surface area contributed by atoms with Crippen molar-refractivity contribution in [1.82, 2.24) is 4.72 Å². The summed E-state index contributed by atoms with van der Waals surface area (Å²) in [4.78, 5) is 0.0877. The molecule has 5 nitrogen and oxygen atoms in total. The predicted molar refractivity (Wildman–Crippen MR) is 69.7 cm³/mol. The molecule has 1 aliphatic carbocycles. The third kappa shape index (κ3) is 2.59. The number of benzene rings is 1. The smallest absolute Gasteiger partial charge is 0.240 e. The monoisotopic (exact) mass is 270 g/mol. The van der Waals surface area contributed by atoms with Crippen LogP contribution in [-0.4, -0.2) is 20.1 Å². The molecule has 0 spiro atoms. The van der Waals surface area contributed by atoms with Gasteiger partial charge in [-0.1, -0.05) is 6.92 Å². The highest BCUT2D eigenvalue weighted by atomic mass is 32.2. The summed E-state index contributed by atoms with van der Waals surface area (Å²) in [7, 11) is -3.54. The lowest BCUT2D eigenvalue weighted by Gasteiger charge is -2.14. The van der Waals surface area contributed by atoms with Crippen LogP contribution in [-0.2, 0) is 10.0 Å². The van der Waals surface area contributed by atoms with Gasteiger partial charge in [0.05, 0.1) is 10.6 Å². The minimum absolute atomic E-state index is 0.0644. The molecule has 1 fully saturated rings. The Hall–Kier alpha value is -1.27. The molecule has 1 aromatic carbocycles. The maximum absolute atomic E-state index is 12.0. The summed E-state index contributed by atoms with van der Waals surface area (Å²) in [6, 6.07) is 3.90. The number of hydrogen-bond donors (Lipinski definition) is 3. The summed E-state index contributed by atoms with van der Waals surface area (Å²) >= 11 is 0. The molecule has 2 rings (SSSR count). The lowest BCUT2D eigenvalue weighted by Crippen LogP contribution is -2.30. The van der Waals surface area contributed by atoms with Crippen LogP contribution in [0.4, 0.5) is 5.69 Å². The van der Waals surface area contributed by atoms with E-state index in [0.717, 1.165) is 19.3 Å². The number of anilines is 1. The summed E-state index contributed by atoms with van der Waals surface area (Å²) in [5, 5.41) is 9.28. The van der Waals surface area contributed by atoms with Gasteiger partial charge < -0.3 is 10.8 Å². The Bertz CT molecular complexity index is 550. The molecule has 0 aromatic heterocycles. The van der Waals surface area contributed by atoms with E-state index in [1.165, 1.54) is 18.2 Å². The molecule has 1 aliphatic rings. The maximum Gasteiger partial charge on any atom is 0.240 e. The normalized spacial score (nSPS) is 17.6. The van der Waals surface area contributed by atoms with Crippen LogP contribution in [0.3, 0.4) is 0 Å². The number of hydrogen-bond acceptors (Lipinski definition) is 4. The zero-order valence-corrected chi connectivity index (χ0v) is 11.1. The van der Waals surface area contributed by atoms with Crippen LogP contribution in [0.2, 0.25) is 0 Å². The molecule has 1 saturated carbocycles. The molecule has 1 aromatic rings. The molecule has 4 N–H and O–H groups in total. The van der Waals surface area contributed by atoms with Gasteiger partial charge in [0.1, 0.15) is 5.75 Å². The van der Waals surface area contributed by atoms with E-state index in [4.69, 9.17) is 5.73 Å². The molecule has 0 aliphatic heterocycles. The van der Waals surface area contributed by atoms with Crippen LogP contribution in [0.25, 0.3) is 0 Å². The van der Waals surface area contributed by atoms with Crippen LogP contribution in [0.1, 0.15) is 26.2 Å². The van der Waals surface area contributed by atoms with Crippen LogP contribution in [0.5, 0.6) is 5.75 Å². The molecular weight excluding hydrogens is 252 g/mol. The summed E-state index contributed by atoms with van der Waals surface area (Å²) in [6.45, 7) is 2.53. The number of rotatable bonds is 5. The summed E-state index contributed by atoms with van der Waals surface area (Å²) in [6.07, 6.45) is 3.13. The Morgan fingerprint density at radius 2 is 2.11 bits per heavy atom. The number of nitrogens with two attached hydrogens (primary N) is 1. The van der Waals surface area contributed by atoms with Crippen LogP contribution in [0.15, 0.2) is 23.1 Å². The molecule has 0 heterocycles. The van der Waals surface area contributed by atoms with E-state index in [0.29, 0.717) is 6.54 Å². The molecule has 0 radical (unpaired) electrons. The molecule has 0 saturated heterocycles. The van der Waals surface area contributed by atoms with E-state index in [2.05, 4.69) is 11.6 Å². The quantitative estimate of drug-likeness (QED) is 0.557. The number of phenols is 1. The zero-order chi connectivity index (χ0) is 13.4.